The van der Waals surface area contributed by atoms with Crippen molar-refractivity contribution < 1.29 is 0 Å². The summed E-state index contributed by atoms with van der Waals surface area (Å²) in [5, 5.41) is 3.77. The summed E-state index contributed by atoms with van der Waals surface area (Å²) in [6.45, 7) is 13.5. The van der Waals surface area contributed by atoms with Gasteiger partial charge in [-0.1, -0.05) is 57.2 Å². The van der Waals surface area contributed by atoms with Crippen LogP contribution in [-0.2, 0) is 0 Å². The maximum atomic E-state index is 4.88. The third-order valence-electron chi connectivity index (χ3n) is 4.47. The summed E-state index contributed by atoms with van der Waals surface area (Å²) in [6, 6.07) is 14.6. The number of aryl methyl sites for hydroxylation is 1. The van der Waals surface area contributed by atoms with Crippen molar-refractivity contribution in [2.24, 2.45) is 5.41 Å². The van der Waals surface area contributed by atoms with Gasteiger partial charge in [0.05, 0.1) is 0 Å². The Kier molecular flexibility index (Phi) is 5.14. The SMILES string of the molecule is Cc1ccn2c(NC(C)(C)CC(C)(C)C)c(/C=C/c3ccccc3)nc2c1. The molecule has 1 N–H and O–H groups in total. The molecule has 0 saturated heterocycles. The smallest absolute Gasteiger partial charge is 0.139 e. The van der Waals surface area contributed by atoms with E-state index < -0.39 is 0 Å². The zero-order chi connectivity index (χ0) is 19.7. The Balaban J connectivity index is 2.02. The molecule has 142 valence electrons. The molecule has 0 atom stereocenters. The molecule has 0 unspecified atom stereocenters. The lowest BCUT2D eigenvalue weighted by Gasteiger charge is -2.34. The number of nitrogens with zero attached hydrogens (tertiary/aromatic N) is 2. The fraction of sp³-hybridized carbons (Fsp3) is 0.375. The highest BCUT2D eigenvalue weighted by molar-refractivity contribution is 5.76. The number of imidazole rings is 1. The summed E-state index contributed by atoms with van der Waals surface area (Å²) in [6.07, 6.45) is 7.39. The van der Waals surface area contributed by atoms with Gasteiger partial charge in [0.15, 0.2) is 0 Å². The molecule has 3 nitrogen and oxygen atoms in total. The molecule has 1 aromatic carbocycles. The second-order valence-corrected chi connectivity index (χ2v) is 9.27. The van der Waals surface area contributed by atoms with Crippen LogP contribution in [0.2, 0.25) is 0 Å². The third-order valence-corrected chi connectivity index (χ3v) is 4.47. The van der Waals surface area contributed by atoms with Gasteiger partial charge in [0, 0.05) is 11.7 Å². The molecule has 0 radical (unpaired) electrons. The molecule has 0 spiro atoms. The molecular formula is C24H31N3. The van der Waals surface area contributed by atoms with E-state index in [1.54, 1.807) is 0 Å². The van der Waals surface area contributed by atoms with Crippen molar-refractivity contribution in [1.29, 1.82) is 0 Å². The molecule has 3 aromatic rings. The first-order valence-electron chi connectivity index (χ1n) is 9.63. The summed E-state index contributed by atoms with van der Waals surface area (Å²) in [4.78, 5) is 4.88. The van der Waals surface area contributed by atoms with Gasteiger partial charge in [0.2, 0.25) is 0 Å². The Morgan fingerprint density at radius 1 is 1.00 bits per heavy atom. The standard InChI is InChI=1S/C24H31N3/c1-18-14-15-27-21(16-18)25-20(13-12-19-10-8-7-9-11-19)22(27)26-24(5,6)17-23(2,3)4/h7-16,26H,17H2,1-6H3/b13-12+. The maximum Gasteiger partial charge on any atom is 0.139 e. The average Bonchev–Trinajstić information content (AvgIpc) is 2.87. The van der Waals surface area contributed by atoms with Crippen LogP contribution in [0.3, 0.4) is 0 Å². The van der Waals surface area contributed by atoms with Crippen LogP contribution in [0.25, 0.3) is 17.8 Å². The van der Waals surface area contributed by atoms with Gasteiger partial charge >= 0.3 is 0 Å². The molecule has 0 saturated carbocycles. The van der Waals surface area contributed by atoms with Gasteiger partial charge in [-0.2, -0.15) is 0 Å². The van der Waals surface area contributed by atoms with Crippen molar-refractivity contribution in [3.8, 4) is 0 Å². The Morgan fingerprint density at radius 3 is 2.37 bits per heavy atom. The van der Waals surface area contributed by atoms with Gasteiger partial charge < -0.3 is 5.32 Å². The quantitative estimate of drug-likeness (QED) is 0.566. The number of hydrogen-bond donors (Lipinski definition) is 1. The number of benzene rings is 1. The molecule has 0 fully saturated rings. The lowest BCUT2D eigenvalue weighted by Crippen LogP contribution is -2.36. The molecule has 27 heavy (non-hydrogen) atoms. The molecule has 0 aliphatic rings. The Labute approximate surface area is 163 Å². The second kappa shape index (κ2) is 7.22. The predicted molar refractivity (Wildman–Crippen MR) is 117 cm³/mol. The van der Waals surface area contributed by atoms with Gasteiger partial charge in [-0.25, -0.2) is 4.98 Å². The van der Waals surface area contributed by atoms with Crippen molar-refractivity contribution in [1.82, 2.24) is 9.38 Å². The first kappa shape index (κ1) is 19.2. The van der Waals surface area contributed by atoms with Crippen LogP contribution in [-0.4, -0.2) is 14.9 Å². The van der Waals surface area contributed by atoms with Crippen molar-refractivity contribution in [2.75, 3.05) is 5.32 Å². The van der Waals surface area contributed by atoms with E-state index in [4.69, 9.17) is 4.98 Å². The van der Waals surface area contributed by atoms with Gasteiger partial charge in [-0.3, -0.25) is 4.40 Å². The summed E-state index contributed by atoms with van der Waals surface area (Å²) < 4.78 is 2.15. The highest BCUT2D eigenvalue weighted by Gasteiger charge is 2.27. The molecule has 3 heteroatoms. The van der Waals surface area contributed by atoms with E-state index in [9.17, 15) is 0 Å². The number of rotatable bonds is 5. The number of fused-ring (bicyclic) bond motifs is 1. The lowest BCUT2D eigenvalue weighted by molar-refractivity contribution is 0.302. The molecule has 2 heterocycles. The fourth-order valence-electron chi connectivity index (χ4n) is 3.84. The highest BCUT2D eigenvalue weighted by Crippen LogP contribution is 2.32. The molecule has 3 rings (SSSR count). The van der Waals surface area contributed by atoms with Crippen molar-refractivity contribution in [3.05, 3.63) is 65.5 Å². The lowest BCUT2D eigenvalue weighted by atomic mass is 9.82. The molecular weight excluding hydrogens is 330 g/mol. The molecule has 0 aliphatic heterocycles. The van der Waals surface area contributed by atoms with Gasteiger partial charge in [0.25, 0.3) is 0 Å². The topological polar surface area (TPSA) is 29.3 Å². The molecule has 0 aliphatic carbocycles. The number of pyridine rings is 1. The van der Waals surface area contributed by atoms with E-state index in [0.717, 1.165) is 23.6 Å². The normalized spacial score (nSPS) is 12.8. The zero-order valence-electron chi connectivity index (χ0n) is 17.4. The van der Waals surface area contributed by atoms with Crippen LogP contribution in [0.15, 0.2) is 48.7 Å². The highest BCUT2D eigenvalue weighted by atomic mass is 15.2. The molecule has 0 amide bonds. The van der Waals surface area contributed by atoms with Crippen LogP contribution in [0, 0.1) is 12.3 Å². The summed E-state index contributed by atoms with van der Waals surface area (Å²) in [7, 11) is 0. The predicted octanol–water partition coefficient (Wildman–Crippen LogP) is 6.44. The van der Waals surface area contributed by atoms with Crippen LogP contribution in [0.4, 0.5) is 5.82 Å². The Morgan fingerprint density at radius 2 is 1.70 bits per heavy atom. The summed E-state index contributed by atoms with van der Waals surface area (Å²) in [5.74, 6) is 1.05. The van der Waals surface area contributed by atoms with Crippen molar-refractivity contribution in [3.63, 3.8) is 0 Å². The van der Waals surface area contributed by atoms with Crippen LogP contribution in [0.5, 0.6) is 0 Å². The second-order valence-electron chi connectivity index (χ2n) is 9.27. The van der Waals surface area contributed by atoms with Crippen molar-refractivity contribution >= 4 is 23.6 Å². The van der Waals surface area contributed by atoms with Gasteiger partial charge in [0.1, 0.15) is 17.2 Å². The van der Waals surface area contributed by atoms with E-state index in [1.165, 1.54) is 11.1 Å². The number of nitrogens with one attached hydrogen (secondary N) is 1. The number of hydrogen-bond acceptors (Lipinski definition) is 2. The number of aromatic nitrogens is 2. The van der Waals surface area contributed by atoms with Gasteiger partial charge in [-0.05, 0) is 61.9 Å². The van der Waals surface area contributed by atoms with E-state index >= 15 is 0 Å². The first-order chi connectivity index (χ1) is 12.6. The maximum absolute atomic E-state index is 4.88. The zero-order valence-corrected chi connectivity index (χ0v) is 17.4. The van der Waals surface area contributed by atoms with Crippen LogP contribution >= 0.6 is 0 Å². The first-order valence-corrected chi connectivity index (χ1v) is 9.63. The Hall–Kier alpha value is -2.55. The minimum Gasteiger partial charge on any atom is -0.364 e. The van der Waals surface area contributed by atoms with E-state index in [1.807, 2.05) is 6.07 Å². The summed E-state index contributed by atoms with van der Waals surface area (Å²) in [5.41, 5.74) is 4.52. The van der Waals surface area contributed by atoms with Crippen LogP contribution < -0.4 is 5.32 Å². The Bertz CT molecular complexity index is 941. The largest absolute Gasteiger partial charge is 0.364 e. The average molecular weight is 362 g/mol. The van der Waals surface area contributed by atoms with Gasteiger partial charge in [-0.15, -0.1) is 0 Å². The fourth-order valence-corrected chi connectivity index (χ4v) is 3.84. The van der Waals surface area contributed by atoms with E-state index in [2.05, 4.69) is 106 Å². The number of anilines is 1. The van der Waals surface area contributed by atoms with E-state index in [-0.39, 0.29) is 11.0 Å². The molecule has 0 bridgehead atoms. The third kappa shape index (κ3) is 5.00. The van der Waals surface area contributed by atoms with Crippen LogP contribution in [0.1, 0.15) is 57.9 Å². The minimum absolute atomic E-state index is 0.0472. The minimum atomic E-state index is -0.0472. The van der Waals surface area contributed by atoms with E-state index in [0.29, 0.717) is 0 Å². The monoisotopic (exact) mass is 361 g/mol. The summed E-state index contributed by atoms with van der Waals surface area (Å²) >= 11 is 0. The van der Waals surface area contributed by atoms with Crippen molar-refractivity contribution in [2.45, 2.75) is 53.5 Å². The molecule has 2 aromatic heterocycles.